The topological polar surface area (TPSA) is 94.0 Å². The Bertz CT molecular complexity index is 762. The lowest BCUT2D eigenvalue weighted by atomic mass is 10.1. The van der Waals surface area contributed by atoms with Crippen LogP contribution in [0, 0.1) is 5.92 Å². The molecule has 2 saturated heterocycles. The number of halogens is 6. The molecule has 0 aromatic carbocycles. The predicted molar refractivity (Wildman–Crippen MR) is 103 cm³/mol. The van der Waals surface area contributed by atoms with Gasteiger partial charge < -0.3 is 10.2 Å². The van der Waals surface area contributed by atoms with Crippen LogP contribution in [-0.2, 0) is 16.1 Å². The van der Waals surface area contributed by atoms with E-state index in [1.165, 1.54) is 50.9 Å². The van der Waals surface area contributed by atoms with Crippen LogP contribution in [0.4, 0.5) is 26.3 Å². The van der Waals surface area contributed by atoms with Crippen LogP contribution in [0.2, 0.25) is 0 Å². The largest absolute Gasteiger partial charge is 0.490 e. The number of nitrogens with zero attached hydrogens (tertiary/aromatic N) is 3. The van der Waals surface area contributed by atoms with Gasteiger partial charge in [0.2, 0.25) is 0 Å². The second-order valence-corrected chi connectivity index (χ2v) is 8.09. The molecular formula is C20H25F6N3O4. The Morgan fingerprint density at radius 3 is 1.82 bits per heavy atom. The van der Waals surface area contributed by atoms with Crippen molar-refractivity contribution < 1.29 is 46.1 Å². The molecule has 0 bridgehead atoms. The van der Waals surface area contributed by atoms with Gasteiger partial charge in [0.1, 0.15) is 0 Å². The van der Waals surface area contributed by atoms with Gasteiger partial charge in [-0.2, -0.15) is 26.3 Å². The first-order valence-electron chi connectivity index (χ1n) is 10.3. The molecule has 0 amide bonds. The Morgan fingerprint density at radius 2 is 1.39 bits per heavy atom. The minimum Gasteiger partial charge on any atom is -0.475 e. The molecule has 2 atom stereocenters. The fraction of sp³-hybridized carbons (Fsp3) is 0.650. The van der Waals surface area contributed by atoms with E-state index in [0.29, 0.717) is 0 Å². The van der Waals surface area contributed by atoms with E-state index >= 15 is 0 Å². The quantitative estimate of drug-likeness (QED) is 0.632. The Kier molecular flexibility index (Phi) is 9.06. The zero-order valence-corrected chi connectivity index (χ0v) is 17.5. The number of carboxylic acids is 2. The molecule has 0 spiro atoms. The molecule has 0 unspecified atom stereocenters. The standard InChI is InChI=1S/C16H23N3.2C2HF3O2/c1-2-14(10-17-7-1)12-19-9-6-15-16(19)5-8-18(15)11-13-3-4-13;2*3-2(4,5)1(6)7/h1-2,7,10,13,15-16H,3-6,8-9,11-12H2;2*(H,6,7)/t15-,16+;;/m0../s1. The molecular weight excluding hydrogens is 460 g/mol. The highest BCUT2D eigenvalue weighted by Gasteiger charge is 2.43. The molecule has 4 rings (SSSR count). The second-order valence-electron chi connectivity index (χ2n) is 8.09. The van der Waals surface area contributed by atoms with Gasteiger partial charge in [-0.15, -0.1) is 0 Å². The average molecular weight is 485 g/mol. The van der Waals surface area contributed by atoms with E-state index < -0.39 is 24.3 Å². The van der Waals surface area contributed by atoms with Crippen molar-refractivity contribution in [3.05, 3.63) is 30.1 Å². The van der Waals surface area contributed by atoms with Crippen molar-refractivity contribution in [1.29, 1.82) is 0 Å². The van der Waals surface area contributed by atoms with E-state index in [0.717, 1.165) is 24.5 Å². The number of hydrogen-bond donors (Lipinski definition) is 2. The predicted octanol–water partition coefficient (Wildman–Crippen LogP) is 3.41. The second kappa shape index (κ2) is 11.1. The summed E-state index contributed by atoms with van der Waals surface area (Å²) in [6, 6.07) is 5.91. The van der Waals surface area contributed by atoms with E-state index in [-0.39, 0.29) is 0 Å². The summed E-state index contributed by atoms with van der Waals surface area (Å²) in [6.45, 7) is 5.06. The van der Waals surface area contributed by atoms with Crippen molar-refractivity contribution in [1.82, 2.24) is 14.8 Å². The number of likely N-dealkylation sites (tertiary alicyclic amines) is 2. The number of aromatic nitrogens is 1. The Labute approximate surface area is 186 Å². The minimum atomic E-state index is -5.08. The number of aliphatic carboxylic acids is 2. The van der Waals surface area contributed by atoms with E-state index in [1.54, 1.807) is 0 Å². The fourth-order valence-corrected chi connectivity index (χ4v) is 3.95. The van der Waals surface area contributed by atoms with Gasteiger partial charge in [0, 0.05) is 50.7 Å². The summed E-state index contributed by atoms with van der Waals surface area (Å²) in [5.41, 5.74) is 1.36. The fourth-order valence-electron chi connectivity index (χ4n) is 3.95. The molecule has 1 aromatic heterocycles. The summed E-state index contributed by atoms with van der Waals surface area (Å²) < 4.78 is 63.5. The lowest BCUT2D eigenvalue weighted by molar-refractivity contribution is -0.193. The summed E-state index contributed by atoms with van der Waals surface area (Å²) in [4.78, 5) is 27.5. The highest BCUT2D eigenvalue weighted by molar-refractivity contribution is 5.73. The highest BCUT2D eigenvalue weighted by Crippen LogP contribution is 2.37. The SMILES string of the molecule is O=C(O)C(F)(F)F.O=C(O)C(F)(F)F.c1cncc(CN2CC[C@H]3[C@H]2CCN3CC2CC2)c1. The normalized spacial score (nSPS) is 23.1. The Hall–Kier alpha value is -2.41. The number of rotatable bonds is 4. The van der Waals surface area contributed by atoms with Crippen molar-refractivity contribution in [2.45, 2.75) is 56.7 Å². The maximum Gasteiger partial charge on any atom is 0.490 e. The van der Waals surface area contributed by atoms with Gasteiger partial charge in [-0.1, -0.05) is 6.07 Å². The molecule has 1 aliphatic carbocycles. The summed E-state index contributed by atoms with van der Waals surface area (Å²) in [5, 5.41) is 14.2. The van der Waals surface area contributed by atoms with Gasteiger partial charge >= 0.3 is 24.3 Å². The molecule has 3 aliphatic rings. The van der Waals surface area contributed by atoms with Crippen LogP contribution in [0.5, 0.6) is 0 Å². The van der Waals surface area contributed by atoms with Crippen LogP contribution in [0.1, 0.15) is 31.2 Å². The first kappa shape index (κ1) is 26.8. The zero-order chi connectivity index (χ0) is 24.8. The molecule has 0 radical (unpaired) electrons. The van der Waals surface area contributed by atoms with Crippen molar-refractivity contribution in [2.24, 2.45) is 5.92 Å². The molecule has 2 aliphatic heterocycles. The van der Waals surface area contributed by atoms with Crippen LogP contribution in [0.15, 0.2) is 24.5 Å². The van der Waals surface area contributed by atoms with Crippen LogP contribution in [0.25, 0.3) is 0 Å². The van der Waals surface area contributed by atoms with Gasteiger partial charge in [0.15, 0.2) is 0 Å². The van der Waals surface area contributed by atoms with E-state index in [1.807, 2.05) is 12.4 Å². The van der Waals surface area contributed by atoms with Gasteiger partial charge in [-0.05, 0) is 43.2 Å². The summed E-state index contributed by atoms with van der Waals surface area (Å²) >= 11 is 0. The maximum atomic E-state index is 10.6. The van der Waals surface area contributed by atoms with Crippen LogP contribution < -0.4 is 0 Å². The average Bonchev–Trinajstić information content (AvgIpc) is 3.31. The third kappa shape index (κ3) is 8.80. The Morgan fingerprint density at radius 1 is 0.909 bits per heavy atom. The number of alkyl halides is 6. The van der Waals surface area contributed by atoms with E-state index in [9.17, 15) is 26.3 Å². The maximum absolute atomic E-state index is 10.6. The molecule has 13 heteroatoms. The molecule has 3 fully saturated rings. The number of fused-ring (bicyclic) bond motifs is 1. The number of carbonyl (C=O) groups is 2. The van der Waals surface area contributed by atoms with Crippen molar-refractivity contribution in [2.75, 3.05) is 19.6 Å². The van der Waals surface area contributed by atoms with E-state index in [2.05, 4.69) is 26.9 Å². The summed E-state index contributed by atoms with van der Waals surface area (Å²) in [5.74, 6) is -4.48. The summed E-state index contributed by atoms with van der Waals surface area (Å²) in [7, 11) is 0. The number of pyridine rings is 1. The molecule has 186 valence electrons. The van der Waals surface area contributed by atoms with Crippen LogP contribution >= 0.6 is 0 Å². The lowest BCUT2D eigenvalue weighted by Crippen LogP contribution is -2.37. The molecule has 7 nitrogen and oxygen atoms in total. The lowest BCUT2D eigenvalue weighted by Gasteiger charge is -2.25. The molecule has 3 heterocycles. The molecule has 1 saturated carbocycles. The van der Waals surface area contributed by atoms with Gasteiger partial charge in [0.05, 0.1) is 0 Å². The molecule has 1 aromatic rings. The van der Waals surface area contributed by atoms with Gasteiger partial charge in [-0.3, -0.25) is 14.8 Å². The summed E-state index contributed by atoms with van der Waals surface area (Å²) in [6.07, 6.45) is -0.580. The van der Waals surface area contributed by atoms with Crippen molar-refractivity contribution >= 4 is 11.9 Å². The minimum absolute atomic E-state index is 0.805. The monoisotopic (exact) mass is 485 g/mol. The number of hydrogen-bond acceptors (Lipinski definition) is 5. The first-order valence-corrected chi connectivity index (χ1v) is 10.3. The van der Waals surface area contributed by atoms with Crippen molar-refractivity contribution in [3.63, 3.8) is 0 Å². The van der Waals surface area contributed by atoms with Gasteiger partial charge in [-0.25, -0.2) is 9.59 Å². The smallest absolute Gasteiger partial charge is 0.475 e. The van der Waals surface area contributed by atoms with Crippen LogP contribution in [0.3, 0.4) is 0 Å². The van der Waals surface area contributed by atoms with Crippen LogP contribution in [-0.4, -0.2) is 81.0 Å². The zero-order valence-electron chi connectivity index (χ0n) is 17.5. The first-order chi connectivity index (χ1) is 15.3. The number of carboxylic acid groups (broad SMARTS) is 2. The Balaban J connectivity index is 0.000000230. The van der Waals surface area contributed by atoms with Gasteiger partial charge in [0.25, 0.3) is 0 Å². The van der Waals surface area contributed by atoms with Crippen molar-refractivity contribution in [3.8, 4) is 0 Å². The third-order valence-corrected chi connectivity index (χ3v) is 5.59. The highest BCUT2D eigenvalue weighted by atomic mass is 19.4. The third-order valence-electron chi connectivity index (χ3n) is 5.59. The molecule has 2 N–H and O–H groups in total. The van der Waals surface area contributed by atoms with E-state index in [4.69, 9.17) is 19.8 Å². The molecule has 33 heavy (non-hydrogen) atoms.